The summed E-state index contributed by atoms with van der Waals surface area (Å²) in [6.45, 7) is 4.71. The van der Waals surface area contributed by atoms with Crippen molar-refractivity contribution in [2.45, 2.75) is 38.5 Å². The van der Waals surface area contributed by atoms with E-state index in [4.69, 9.17) is 19.8 Å². The molecule has 1 unspecified atom stereocenters. The molecule has 3 aromatic rings. The monoisotopic (exact) mass is 536 g/mol. The molecule has 0 amide bonds. The van der Waals surface area contributed by atoms with Gasteiger partial charge in [0.1, 0.15) is 5.82 Å². The van der Waals surface area contributed by atoms with Gasteiger partial charge in [0.15, 0.2) is 0 Å². The summed E-state index contributed by atoms with van der Waals surface area (Å²) in [7, 11) is 0. The van der Waals surface area contributed by atoms with Crippen LogP contribution in [0.1, 0.15) is 11.4 Å². The van der Waals surface area contributed by atoms with Crippen molar-refractivity contribution in [3.8, 4) is 0 Å². The number of halogens is 6. The summed E-state index contributed by atoms with van der Waals surface area (Å²) in [4.78, 5) is 29.0. The Bertz CT molecular complexity index is 1090. The Morgan fingerprint density at radius 1 is 0.946 bits per heavy atom. The van der Waals surface area contributed by atoms with Crippen molar-refractivity contribution in [3.05, 3.63) is 66.8 Å². The fourth-order valence-electron chi connectivity index (χ4n) is 3.28. The number of hydrogen-bond acceptors (Lipinski definition) is 6. The normalized spacial score (nSPS) is 15.8. The SMILES string of the molecule is O=C(O)C(F)(F)F.O=C(O)C(F)(F)F.c1cncc(CN2Cc3nccn3CC(Cn3cccn3)C2)c1. The third-order valence-electron chi connectivity index (χ3n) is 4.76. The van der Waals surface area contributed by atoms with Crippen LogP contribution >= 0.6 is 0 Å². The van der Waals surface area contributed by atoms with Gasteiger partial charge >= 0.3 is 24.3 Å². The number of alkyl halides is 6. The highest BCUT2D eigenvalue weighted by Crippen LogP contribution is 2.19. The van der Waals surface area contributed by atoms with E-state index in [-0.39, 0.29) is 0 Å². The second-order valence-electron chi connectivity index (χ2n) is 7.73. The minimum atomic E-state index is -5.08. The number of fused-ring (bicyclic) bond motifs is 1. The van der Waals surface area contributed by atoms with E-state index in [1.165, 1.54) is 5.56 Å². The second kappa shape index (κ2) is 12.8. The summed E-state index contributed by atoms with van der Waals surface area (Å²) in [6.07, 6.45) is 1.45. The summed E-state index contributed by atoms with van der Waals surface area (Å²) in [5.74, 6) is -3.88. The minimum absolute atomic E-state index is 0.502. The first-order valence-corrected chi connectivity index (χ1v) is 10.4. The van der Waals surface area contributed by atoms with Gasteiger partial charge in [-0.15, -0.1) is 0 Å². The lowest BCUT2D eigenvalue weighted by atomic mass is 10.1. The molecular formula is C21H22F6N6O4. The molecule has 0 saturated carbocycles. The highest BCUT2D eigenvalue weighted by molar-refractivity contribution is 5.73. The number of aliphatic carboxylic acids is 2. The van der Waals surface area contributed by atoms with E-state index in [0.29, 0.717) is 5.92 Å². The van der Waals surface area contributed by atoms with Gasteiger partial charge in [-0.25, -0.2) is 14.6 Å². The Hall–Kier alpha value is -3.95. The van der Waals surface area contributed by atoms with Crippen LogP contribution < -0.4 is 0 Å². The van der Waals surface area contributed by atoms with Gasteiger partial charge in [-0.1, -0.05) is 6.07 Å². The van der Waals surface area contributed by atoms with Gasteiger partial charge in [0.05, 0.1) is 6.54 Å². The van der Waals surface area contributed by atoms with Crippen LogP contribution in [0.5, 0.6) is 0 Å². The van der Waals surface area contributed by atoms with Crippen LogP contribution in [-0.4, -0.2) is 70.3 Å². The lowest BCUT2D eigenvalue weighted by Crippen LogP contribution is -2.30. The summed E-state index contributed by atoms with van der Waals surface area (Å²) >= 11 is 0. The van der Waals surface area contributed by atoms with Crippen molar-refractivity contribution >= 4 is 11.9 Å². The van der Waals surface area contributed by atoms with Gasteiger partial charge < -0.3 is 14.8 Å². The van der Waals surface area contributed by atoms with Crippen molar-refractivity contribution in [1.82, 2.24) is 29.2 Å². The summed E-state index contributed by atoms with van der Waals surface area (Å²) in [5, 5.41) is 18.6. The number of carboxylic acids is 2. The Labute approximate surface area is 205 Å². The van der Waals surface area contributed by atoms with Crippen molar-refractivity contribution < 1.29 is 46.1 Å². The molecule has 1 atom stereocenters. The Kier molecular flexibility index (Phi) is 10.2. The van der Waals surface area contributed by atoms with E-state index in [2.05, 4.69) is 36.8 Å². The quantitative estimate of drug-likeness (QED) is 0.488. The molecule has 3 aromatic heterocycles. The Morgan fingerprint density at radius 3 is 2.11 bits per heavy atom. The predicted octanol–water partition coefficient (Wildman–Crippen LogP) is 3.07. The molecule has 1 aliphatic heterocycles. The topological polar surface area (TPSA) is 126 Å². The fraction of sp³-hybridized carbons (Fsp3) is 0.381. The Balaban J connectivity index is 0.000000286. The molecule has 0 radical (unpaired) electrons. The van der Waals surface area contributed by atoms with Crippen LogP contribution in [0.3, 0.4) is 0 Å². The van der Waals surface area contributed by atoms with E-state index < -0.39 is 24.3 Å². The number of carboxylic acid groups (broad SMARTS) is 2. The number of imidazole rings is 1. The van der Waals surface area contributed by atoms with Crippen LogP contribution in [0.25, 0.3) is 0 Å². The lowest BCUT2D eigenvalue weighted by Gasteiger charge is -2.23. The summed E-state index contributed by atoms with van der Waals surface area (Å²) in [5.41, 5.74) is 1.24. The maximum atomic E-state index is 10.6. The molecule has 4 heterocycles. The van der Waals surface area contributed by atoms with Gasteiger partial charge in [-0.3, -0.25) is 14.6 Å². The zero-order chi connectivity index (χ0) is 27.6. The van der Waals surface area contributed by atoms with Gasteiger partial charge in [0, 0.05) is 69.3 Å². The molecule has 10 nitrogen and oxygen atoms in total. The van der Waals surface area contributed by atoms with E-state index in [0.717, 1.165) is 38.5 Å². The highest BCUT2D eigenvalue weighted by Gasteiger charge is 2.38. The van der Waals surface area contributed by atoms with Crippen LogP contribution in [-0.2, 0) is 35.8 Å². The van der Waals surface area contributed by atoms with Crippen LogP contribution in [0.15, 0.2) is 55.4 Å². The largest absolute Gasteiger partial charge is 0.490 e. The molecule has 1 aliphatic rings. The molecule has 0 fully saturated rings. The number of aromatic nitrogens is 5. The smallest absolute Gasteiger partial charge is 0.475 e. The Morgan fingerprint density at radius 2 is 1.59 bits per heavy atom. The van der Waals surface area contributed by atoms with Gasteiger partial charge in [0.25, 0.3) is 0 Å². The van der Waals surface area contributed by atoms with E-state index in [1.54, 1.807) is 0 Å². The second-order valence-corrected chi connectivity index (χ2v) is 7.73. The standard InChI is InChI=1S/C17H20N6.2C2HF3O2/c1-3-15(9-18-4-1)10-21-11-16(13-23-7-2-5-20-23)12-22-8-6-19-17(22)14-21;2*3-2(4,5)1(6)7/h1-9,16H,10-14H2;2*(H,6,7). The maximum Gasteiger partial charge on any atom is 0.490 e. The molecule has 16 heteroatoms. The number of carbonyl (C=O) groups is 2. The van der Waals surface area contributed by atoms with Gasteiger partial charge in [0.2, 0.25) is 0 Å². The summed E-state index contributed by atoms with van der Waals surface area (Å²) < 4.78 is 67.8. The van der Waals surface area contributed by atoms with Crippen molar-refractivity contribution in [1.29, 1.82) is 0 Å². The molecule has 2 N–H and O–H groups in total. The van der Waals surface area contributed by atoms with E-state index in [9.17, 15) is 26.3 Å². The first-order valence-electron chi connectivity index (χ1n) is 10.4. The first kappa shape index (κ1) is 29.3. The third-order valence-corrected chi connectivity index (χ3v) is 4.76. The molecule has 0 spiro atoms. The molecule has 0 bridgehead atoms. The van der Waals surface area contributed by atoms with Crippen molar-refractivity contribution in [2.24, 2.45) is 5.92 Å². The minimum Gasteiger partial charge on any atom is -0.475 e. The third kappa shape index (κ3) is 10.3. The number of rotatable bonds is 4. The fourth-order valence-corrected chi connectivity index (χ4v) is 3.28. The highest BCUT2D eigenvalue weighted by atomic mass is 19.4. The van der Waals surface area contributed by atoms with Crippen molar-refractivity contribution in [2.75, 3.05) is 6.54 Å². The lowest BCUT2D eigenvalue weighted by molar-refractivity contribution is -0.193. The molecule has 0 aromatic carbocycles. The first-order chi connectivity index (χ1) is 17.3. The molecule has 0 aliphatic carbocycles. The van der Waals surface area contributed by atoms with E-state index in [1.807, 2.05) is 47.8 Å². The van der Waals surface area contributed by atoms with E-state index >= 15 is 0 Å². The molecular weight excluding hydrogens is 514 g/mol. The number of hydrogen-bond donors (Lipinski definition) is 2. The molecule has 0 saturated heterocycles. The van der Waals surface area contributed by atoms with Crippen LogP contribution in [0.2, 0.25) is 0 Å². The van der Waals surface area contributed by atoms with Gasteiger partial charge in [-0.2, -0.15) is 31.4 Å². The average Bonchev–Trinajstić information content (AvgIpc) is 3.43. The zero-order valence-corrected chi connectivity index (χ0v) is 19.0. The zero-order valence-electron chi connectivity index (χ0n) is 19.0. The average molecular weight is 536 g/mol. The number of nitrogens with zero attached hydrogens (tertiary/aromatic N) is 6. The number of pyridine rings is 1. The van der Waals surface area contributed by atoms with Crippen LogP contribution in [0, 0.1) is 5.92 Å². The molecule has 37 heavy (non-hydrogen) atoms. The maximum absolute atomic E-state index is 10.6. The van der Waals surface area contributed by atoms with Crippen molar-refractivity contribution in [3.63, 3.8) is 0 Å². The molecule has 202 valence electrons. The van der Waals surface area contributed by atoms with Crippen LogP contribution in [0.4, 0.5) is 26.3 Å². The molecule has 4 rings (SSSR count). The van der Waals surface area contributed by atoms with Gasteiger partial charge in [-0.05, 0) is 17.7 Å². The summed E-state index contributed by atoms with van der Waals surface area (Å²) in [6, 6.07) is 6.11. The predicted molar refractivity (Wildman–Crippen MR) is 114 cm³/mol.